The molecule has 0 atom stereocenters. The van der Waals surface area contributed by atoms with Gasteiger partial charge in [-0.2, -0.15) is 0 Å². The number of carboxylic acid groups (broad SMARTS) is 1. The summed E-state index contributed by atoms with van der Waals surface area (Å²) < 4.78 is 5.19. The molecule has 20 heavy (non-hydrogen) atoms. The van der Waals surface area contributed by atoms with Crippen molar-refractivity contribution >= 4 is 11.7 Å². The molecule has 0 saturated heterocycles. The molecule has 0 amide bonds. The Bertz CT molecular complexity index is 441. The van der Waals surface area contributed by atoms with Gasteiger partial charge in [0.1, 0.15) is 0 Å². The summed E-state index contributed by atoms with van der Waals surface area (Å²) in [5.74, 6) is -0.875. The zero-order chi connectivity index (χ0) is 15.1. The fraction of sp³-hybridized carbons (Fsp3) is 0.562. The summed E-state index contributed by atoms with van der Waals surface area (Å²) in [5.41, 5.74) is 2.23. The second-order valence-electron chi connectivity index (χ2n) is 4.96. The van der Waals surface area contributed by atoms with Crippen LogP contribution in [-0.2, 0) is 4.74 Å². The molecule has 0 aromatic heterocycles. The molecule has 0 radical (unpaired) electrons. The molecule has 0 fully saturated rings. The van der Waals surface area contributed by atoms with E-state index < -0.39 is 5.97 Å². The lowest BCUT2D eigenvalue weighted by Gasteiger charge is -2.33. The molecule has 0 heterocycles. The van der Waals surface area contributed by atoms with E-state index in [-0.39, 0.29) is 0 Å². The first-order valence-corrected chi connectivity index (χ1v) is 7.14. The Morgan fingerprint density at radius 1 is 1.35 bits per heavy atom. The van der Waals surface area contributed by atoms with Crippen molar-refractivity contribution in [2.45, 2.75) is 39.7 Å². The van der Waals surface area contributed by atoms with Crippen LogP contribution in [0.4, 0.5) is 5.69 Å². The van der Waals surface area contributed by atoms with Crippen LogP contribution in [0.1, 0.15) is 42.6 Å². The van der Waals surface area contributed by atoms with Crippen LogP contribution in [0.5, 0.6) is 0 Å². The fourth-order valence-corrected chi connectivity index (χ4v) is 2.51. The molecule has 0 unspecified atom stereocenters. The number of ether oxygens (including phenoxy) is 1. The number of benzene rings is 1. The van der Waals surface area contributed by atoms with Crippen LogP contribution in [0, 0.1) is 6.92 Å². The monoisotopic (exact) mass is 279 g/mol. The van der Waals surface area contributed by atoms with E-state index in [9.17, 15) is 4.79 Å². The number of carboxylic acids is 1. The van der Waals surface area contributed by atoms with Gasteiger partial charge >= 0.3 is 5.97 Å². The van der Waals surface area contributed by atoms with Gasteiger partial charge in [0.2, 0.25) is 0 Å². The van der Waals surface area contributed by atoms with Crippen LogP contribution in [-0.4, -0.2) is 37.4 Å². The Morgan fingerprint density at radius 3 is 2.45 bits per heavy atom. The van der Waals surface area contributed by atoms with E-state index in [1.54, 1.807) is 13.2 Å². The lowest BCUT2D eigenvalue weighted by molar-refractivity contribution is 0.0696. The van der Waals surface area contributed by atoms with Crippen molar-refractivity contribution in [3.63, 3.8) is 0 Å². The highest BCUT2D eigenvalue weighted by Crippen LogP contribution is 2.23. The number of methoxy groups -OCH3 is 1. The van der Waals surface area contributed by atoms with Gasteiger partial charge in [-0.3, -0.25) is 0 Å². The molecule has 0 aliphatic rings. The van der Waals surface area contributed by atoms with E-state index in [4.69, 9.17) is 9.84 Å². The maximum absolute atomic E-state index is 11.1. The first-order chi connectivity index (χ1) is 9.54. The number of carbonyl (C=O) groups is 1. The Labute approximate surface area is 121 Å². The molecule has 0 saturated carbocycles. The second kappa shape index (κ2) is 7.90. The fourth-order valence-electron chi connectivity index (χ4n) is 2.51. The molecular weight excluding hydrogens is 254 g/mol. The van der Waals surface area contributed by atoms with Gasteiger partial charge in [0.15, 0.2) is 0 Å². The summed E-state index contributed by atoms with van der Waals surface area (Å²) in [4.78, 5) is 13.4. The van der Waals surface area contributed by atoms with Crippen LogP contribution >= 0.6 is 0 Å². The largest absolute Gasteiger partial charge is 0.478 e. The Morgan fingerprint density at radius 2 is 2.00 bits per heavy atom. The predicted molar refractivity (Wildman–Crippen MR) is 81.7 cm³/mol. The van der Waals surface area contributed by atoms with E-state index >= 15 is 0 Å². The van der Waals surface area contributed by atoms with E-state index in [2.05, 4.69) is 18.7 Å². The third-order valence-corrected chi connectivity index (χ3v) is 3.69. The number of aromatic carboxylic acids is 1. The molecule has 1 rings (SSSR count). The Hall–Kier alpha value is -1.55. The zero-order valence-corrected chi connectivity index (χ0v) is 12.8. The summed E-state index contributed by atoms with van der Waals surface area (Å²) in [6.07, 6.45) is 2.11. The quantitative estimate of drug-likeness (QED) is 0.793. The van der Waals surface area contributed by atoms with Gasteiger partial charge in [-0.1, -0.05) is 13.8 Å². The maximum atomic E-state index is 11.1. The minimum Gasteiger partial charge on any atom is -0.478 e. The number of hydrogen-bond acceptors (Lipinski definition) is 3. The van der Waals surface area contributed by atoms with Crippen molar-refractivity contribution in [1.82, 2.24) is 0 Å². The molecule has 1 aromatic rings. The molecule has 0 spiro atoms. The van der Waals surface area contributed by atoms with E-state index in [0.29, 0.717) is 18.2 Å². The summed E-state index contributed by atoms with van der Waals surface area (Å²) >= 11 is 0. The summed E-state index contributed by atoms with van der Waals surface area (Å²) in [7, 11) is 1.70. The van der Waals surface area contributed by atoms with Gasteiger partial charge in [-0.05, 0) is 43.5 Å². The van der Waals surface area contributed by atoms with Crippen molar-refractivity contribution in [3.8, 4) is 0 Å². The summed E-state index contributed by atoms with van der Waals surface area (Å²) in [5, 5.41) is 9.10. The van der Waals surface area contributed by atoms with Crippen LogP contribution in [0.25, 0.3) is 0 Å². The highest BCUT2D eigenvalue weighted by Gasteiger charge is 2.17. The standard InChI is InChI=1S/C16H25NO3/c1-5-13(6-2)17(9-10-20-4)14-7-8-15(16(18)19)12(3)11-14/h7-8,11,13H,5-6,9-10H2,1-4H3,(H,18,19). The minimum absolute atomic E-state index is 0.366. The summed E-state index contributed by atoms with van der Waals surface area (Å²) in [6.45, 7) is 7.66. The normalized spacial score (nSPS) is 10.8. The molecule has 0 bridgehead atoms. The third-order valence-electron chi connectivity index (χ3n) is 3.69. The van der Waals surface area contributed by atoms with Crippen LogP contribution in [0.3, 0.4) is 0 Å². The number of aryl methyl sites for hydroxylation is 1. The Balaban J connectivity index is 3.06. The van der Waals surface area contributed by atoms with Crippen molar-refractivity contribution < 1.29 is 14.6 Å². The first kappa shape index (κ1) is 16.5. The predicted octanol–water partition coefficient (Wildman–Crippen LogP) is 3.33. The van der Waals surface area contributed by atoms with Crippen LogP contribution < -0.4 is 4.90 Å². The second-order valence-corrected chi connectivity index (χ2v) is 4.96. The van der Waals surface area contributed by atoms with Crippen LogP contribution in [0.2, 0.25) is 0 Å². The van der Waals surface area contributed by atoms with Gasteiger partial charge in [0.05, 0.1) is 12.2 Å². The van der Waals surface area contributed by atoms with Gasteiger partial charge in [0, 0.05) is 25.4 Å². The van der Waals surface area contributed by atoms with Crippen molar-refractivity contribution in [2.75, 3.05) is 25.2 Å². The van der Waals surface area contributed by atoms with Crippen LogP contribution in [0.15, 0.2) is 18.2 Å². The molecule has 1 N–H and O–H groups in total. The van der Waals surface area contributed by atoms with Crippen molar-refractivity contribution in [3.05, 3.63) is 29.3 Å². The number of hydrogen-bond donors (Lipinski definition) is 1. The summed E-state index contributed by atoms with van der Waals surface area (Å²) in [6, 6.07) is 5.98. The lowest BCUT2D eigenvalue weighted by atomic mass is 10.0. The number of anilines is 1. The molecule has 0 aliphatic carbocycles. The molecular formula is C16H25NO3. The van der Waals surface area contributed by atoms with E-state index in [1.165, 1.54) is 0 Å². The number of nitrogens with zero attached hydrogens (tertiary/aromatic N) is 1. The van der Waals surface area contributed by atoms with Crippen molar-refractivity contribution in [1.29, 1.82) is 0 Å². The molecule has 4 heteroatoms. The first-order valence-electron chi connectivity index (χ1n) is 7.14. The van der Waals surface area contributed by atoms with E-state index in [1.807, 2.05) is 19.1 Å². The highest BCUT2D eigenvalue weighted by molar-refractivity contribution is 5.89. The highest BCUT2D eigenvalue weighted by atomic mass is 16.5. The topological polar surface area (TPSA) is 49.8 Å². The lowest BCUT2D eigenvalue weighted by Crippen LogP contribution is -2.37. The SMILES string of the molecule is CCC(CC)N(CCOC)c1ccc(C(=O)O)c(C)c1. The van der Waals surface area contributed by atoms with Gasteiger partial charge in [-0.25, -0.2) is 4.79 Å². The molecule has 1 aromatic carbocycles. The smallest absolute Gasteiger partial charge is 0.335 e. The zero-order valence-electron chi connectivity index (χ0n) is 12.8. The number of rotatable bonds is 8. The van der Waals surface area contributed by atoms with Gasteiger partial charge in [0.25, 0.3) is 0 Å². The minimum atomic E-state index is -0.875. The van der Waals surface area contributed by atoms with Gasteiger partial charge in [-0.15, -0.1) is 0 Å². The molecule has 0 aliphatic heterocycles. The molecule has 112 valence electrons. The van der Waals surface area contributed by atoms with Crippen molar-refractivity contribution in [2.24, 2.45) is 0 Å². The maximum Gasteiger partial charge on any atom is 0.335 e. The Kier molecular flexibility index (Phi) is 6.52. The van der Waals surface area contributed by atoms with E-state index in [0.717, 1.165) is 30.6 Å². The third kappa shape index (κ3) is 3.97. The average molecular weight is 279 g/mol. The average Bonchev–Trinajstić information content (AvgIpc) is 2.43. The molecule has 4 nitrogen and oxygen atoms in total. The van der Waals surface area contributed by atoms with Gasteiger partial charge < -0.3 is 14.7 Å².